The molecule has 3 amide bonds. The second-order valence-corrected chi connectivity index (χ2v) is 9.69. The molecule has 1 aliphatic heterocycles. The SMILES string of the molecule is Cc1ccc(CN2C(=O)O[C@@H](c3cccc(NC(=O)c4cccc(Cl)c4)c3)[C@@H]2C(=O)NCc2ccco2)cc1. The Morgan fingerprint density at radius 2 is 1.77 bits per heavy atom. The summed E-state index contributed by atoms with van der Waals surface area (Å²) in [6.45, 7) is 2.34. The fourth-order valence-electron chi connectivity index (χ4n) is 4.42. The summed E-state index contributed by atoms with van der Waals surface area (Å²) < 4.78 is 11.1. The maximum absolute atomic E-state index is 13.5. The molecule has 0 aliphatic carbocycles. The van der Waals surface area contributed by atoms with Crippen molar-refractivity contribution in [3.8, 4) is 0 Å². The van der Waals surface area contributed by atoms with E-state index in [9.17, 15) is 14.4 Å². The van der Waals surface area contributed by atoms with E-state index in [2.05, 4.69) is 10.6 Å². The number of ether oxygens (including phenoxy) is 1. The van der Waals surface area contributed by atoms with Gasteiger partial charge < -0.3 is 19.8 Å². The molecule has 0 unspecified atom stereocenters. The van der Waals surface area contributed by atoms with Gasteiger partial charge in [0.25, 0.3) is 5.91 Å². The van der Waals surface area contributed by atoms with E-state index < -0.39 is 18.2 Å². The van der Waals surface area contributed by atoms with Crippen molar-refractivity contribution in [3.05, 3.63) is 124 Å². The fraction of sp³-hybridized carbons (Fsp3) is 0.167. The van der Waals surface area contributed by atoms with Gasteiger partial charge in [-0.25, -0.2) is 4.79 Å². The molecule has 2 atom stereocenters. The van der Waals surface area contributed by atoms with Crippen LogP contribution in [0.4, 0.5) is 10.5 Å². The summed E-state index contributed by atoms with van der Waals surface area (Å²) in [5.74, 6) is -0.143. The first-order valence-corrected chi connectivity index (χ1v) is 12.7. The van der Waals surface area contributed by atoms with Crippen LogP contribution in [0.3, 0.4) is 0 Å². The zero-order chi connectivity index (χ0) is 27.4. The maximum atomic E-state index is 13.5. The monoisotopic (exact) mass is 543 g/mol. The average Bonchev–Trinajstić information content (AvgIpc) is 3.57. The highest BCUT2D eigenvalue weighted by Gasteiger charge is 2.47. The molecule has 8 nitrogen and oxygen atoms in total. The number of carbonyl (C=O) groups is 3. The highest BCUT2D eigenvalue weighted by molar-refractivity contribution is 6.31. The summed E-state index contributed by atoms with van der Waals surface area (Å²) in [4.78, 5) is 40.8. The van der Waals surface area contributed by atoms with Crippen molar-refractivity contribution in [1.29, 1.82) is 0 Å². The van der Waals surface area contributed by atoms with E-state index in [1.54, 1.807) is 60.7 Å². The molecule has 2 N–H and O–H groups in total. The Morgan fingerprint density at radius 1 is 0.974 bits per heavy atom. The van der Waals surface area contributed by atoms with Gasteiger partial charge in [-0.15, -0.1) is 0 Å². The molecule has 1 aliphatic rings. The first-order chi connectivity index (χ1) is 18.9. The largest absolute Gasteiger partial charge is 0.467 e. The third-order valence-corrected chi connectivity index (χ3v) is 6.64. The van der Waals surface area contributed by atoms with Gasteiger partial charge in [-0.3, -0.25) is 14.5 Å². The molecule has 9 heteroatoms. The van der Waals surface area contributed by atoms with Crippen molar-refractivity contribution in [2.24, 2.45) is 0 Å². The topological polar surface area (TPSA) is 101 Å². The van der Waals surface area contributed by atoms with Crippen molar-refractivity contribution in [2.75, 3.05) is 5.32 Å². The molecule has 0 bridgehead atoms. The molecule has 1 aromatic heterocycles. The van der Waals surface area contributed by atoms with E-state index >= 15 is 0 Å². The molecular weight excluding hydrogens is 518 g/mol. The lowest BCUT2D eigenvalue weighted by atomic mass is 10.00. The Labute approximate surface area is 230 Å². The standard InChI is InChI=1S/C30H26ClN3O5/c1-19-10-12-20(13-11-19)18-34-26(29(36)32-17-25-9-4-14-38-25)27(39-30(34)37)21-5-3-8-24(16-21)33-28(35)22-6-2-7-23(31)15-22/h2-16,26-27H,17-18H2,1H3,(H,32,36)(H,33,35)/t26-,27+/m1/s1. The quantitative estimate of drug-likeness (QED) is 0.289. The lowest BCUT2D eigenvalue weighted by Crippen LogP contribution is -2.46. The zero-order valence-electron chi connectivity index (χ0n) is 21.1. The van der Waals surface area contributed by atoms with Crippen LogP contribution in [-0.2, 0) is 22.6 Å². The predicted molar refractivity (Wildman–Crippen MR) is 146 cm³/mol. The summed E-state index contributed by atoms with van der Waals surface area (Å²) in [6, 6.07) is 23.8. The van der Waals surface area contributed by atoms with Gasteiger partial charge in [0.2, 0.25) is 5.91 Å². The van der Waals surface area contributed by atoms with E-state index in [4.69, 9.17) is 20.8 Å². The van der Waals surface area contributed by atoms with Crippen LogP contribution in [0.5, 0.6) is 0 Å². The molecule has 1 fully saturated rings. The van der Waals surface area contributed by atoms with Crippen molar-refractivity contribution in [2.45, 2.75) is 32.2 Å². The highest BCUT2D eigenvalue weighted by atomic mass is 35.5. The Hall–Kier alpha value is -4.56. The van der Waals surface area contributed by atoms with Crippen molar-refractivity contribution < 1.29 is 23.5 Å². The average molecular weight is 544 g/mol. The molecular formula is C30H26ClN3O5. The first-order valence-electron chi connectivity index (χ1n) is 12.4. The van der Waals surface area contributed by atoms with Crippen LogP contribution < -0.4 is 10.6 Å². The zero-order valence-corrected chi connectivity index (χ0v) is 21.9. The lowest BCUT2D eigenvalue weighted by molar-refractivity contribution is -0.126. The number of hydrogen-bond acceptors (Lipinski definition) is 5. The number of carbonyl (C=O) groups excluding carboxylic acids is 3. The van der Waals surface area contributed by atoms with Gasteiger partial charge in [0.1, 0.15) is 5.76 Å². The molecule has 0 spiro atoms. The predicted octanol–water partition coefficient (Wildman–Crippen LogP) is 5.87. The lowest BCUT2D eigenvalue weighted by Gasteiger charge is -2.24. The molecule has 2 heterocycles. The Kier molecular flexibility index (Phi) is 7.65. The molecule has 0 radical (unpaired) electrons. The number of amides is 3. The molecule has 1 saturated heterocycles. The number of furan rings is 1. The van der Waals surface area contributed by atoms with Crippen LogP contribution in [0.1, 0.15) is 38.9 Å². The van der Waals surface area contributed by atoms with Gasteiger partial charge in [0.15, 0.2) is 12.1 Å². The molecule has 5 rings (SSSR count). The number of anilines is 1. The first kappa shape index (κ1) is 26.1. The minimum Gasteiger partial charge on any atom is -0.467 e. The highest BCUT2D eigenvalue weighted by Crippen LogP contribution is 2.35. The van der Waals surface area contributed by atoms with E-state index in [-0.39, 0.29) is 24.9 Å². The van der Waals surface area contributed by atoms with Crippen LogP contribution in [0.15, 0.2) is 95.6 Å². The van der Waals surface area contributed by atoms with Crippen LogP contribution >= 0.6 is 11.6 Å². The third-order valence-electron chi connectivity index (χ3n) is 6.40. The number of rotatable bonds is 8. The van der Waals surface area contributed by atoms with Crippen LogP contribution in [-0.4, -0.2) is 28.8 Å². The maximum Gasteiger partial charge on any atom is 0.411 e. The second-order valence-electron chi connectivity index (χ2n) is 9.25. The van der Waals surface area contributed by atoms with E-state index in [1.807, 2.05) is 31.2 Å². The van der Waals surface area contributed by atoms with Gasteiger partial charge in [-0.2, -0.15) is 0 Å². The molecule has 198 valence electrons. The second kappa shape index (κ2) is 11.4. The molecule has 3 aromatic carbocycles. The molecule has 4 aromatic rings. The van der Waals surface area contributed by atoms with E-state index in [0.717, 1.165) is 11.1 Å². The van der Waals surface area contributed by atoms with Gasteiger partial charge in [0, 0.05) is 16.3 Å². The Bertz CT molecular complexity index is 1490. The third kappa shape index (κ3) is 6.13. The number of nitrogens with one attached hydrogen (secondary N) is 2. The van der Waals surface area contributed by atoms with Crippen LogP contribution in [0, 0.1) is 6.92 Å². The number of halogens is 1. The van der Waals surface area contributed by atoms with Crippen LogP contribution in [0.25, 0.3) is 0 Å². The van der Waals surface area contributed by atoms with Gasteiger partial charge in [-0.1, -0.05) is 59.6 Å². The van der Waals surface area contributed by atoms with Crippen molar-refractivity contribution >= 4 is 35.2 Å². The summed E-state index contributed by atoms with van der Waals surface area (Å²) in [7, 11) is 0. The summed E-state index contributed by atoms with van der Waals surface area (Å²) in [6.07, 6.45) is 0.0222. The summed E-state index contributed by atoms with van der Waals surface area (Å²) in [5, 5.41) is 6.15. The summed E-state index contributed by atoms with van der Waals surface area (Å²) in [5.41, 5.74) is 3.41. The fourth-order valence-corrected chi connectivity index (χ4v) is 4.61. The minimum atomic E-state index is -0.951. The summed E-state index contributed by atoms with van der Waals surface area (Å²) >= 11 is 6.02. The molecule has 0 saturated carbocycles. The number of cyclic esters (lactones) is 1. The molecule has 39 heavy (non-hydrogen) atoms. The van der Waals surface area contributed by atoms with Crippen molar-refractivity contribution in [3.63, 3.8) is 0 Å². The van der Waals surface area contributed by atoms with E-state index in [1.165, 1.54) is 11.2 Å². The van der Waals surface area contributed by atoms with Crippen molar-refractivity contribution in [1.82, 2.24) is 10.2 Å². The smallest absolute Gasteiger partial charge is 0.411 e. The van der Waals surface area contributed by atoms with E-state index in [0.29, 0.717) is 27.6 Å². The van der Waals surface area contributed by atoms with Crippen LogP contribution in [0.2, 0.25) is 5.02 Å². The van der Waals surface area contributed by atoms with Gasteiger partial charge in [0.05, 0.1) is 19.4 Å². The van der Waals surface area contributed by atoms with Gasteiger partial charge in [-0.05, 0) is 60.5 Å². The minimum absolute atomic E-state index is 0.164. The normalized spacial score (nSPS) is 16.6. The number of benzene rings is 3. The Balaban J connectivity index is 1.40. The number of hydrogen-bond donors (Lipinski definition) is 2. The Morgan fingerprint density at radius 3 is 2.51 bits per heavy atom. The number of aryl methyl sites for hydroxylation is 1. The number of nitrogens with zero attached hydrogens (tertiary/aromatic N) is 1. The van der Waals surface area contributed by atoms with Gasteiger partial charge >= 0.3 is 6.09 Å².